The highest BCUT2D eigenvalue weighted by Gasteiger charge is 2.11. The first-order chi connectivity index (χ1) is 8.85. The standard InChI is InChI=1S/C15H20N2S/c1-3-4-10-14-17-13(11-16-2)15(18-14)12-8-6-5-7-9-12/h5-9,16H,3-4,10-11H2,1-2H3. The van der Waals surface area contributed by atoms with Crippen LogP contribution in [0.3, 0.4) is 0 Å². The molecule has 0 bridgehead atoms. The molecule has 2 aromatic rings. The second-order valence-electron chi connectivity index (χ2n) is 4.38. The number of rotatable bonds is 6. The van der Waals surface area contributed by atoms with Crippen molar-refractivity contribution in [2.45, 2.75) is 32.7 Å². The summed E-state index contributed by atoms with van der Waals surface area (Å²) in [4.78, 5) is 6.09. The van der Waals surface area contributed by atoms with Gasteiger partial charge in [-0.05, 0) is 25.5 Å². The summed E-state index contributed by atoms with van der Waals surface area (Å²) in [7, 11) is 1.97. The van der Waals surface area contributed by atoms with Crippen LogP contribution < -0.4 is 5.32 Å². The van der Waals surface area contributed by atoms with Crippen LogP contribution in [0, 0.1) is 0 Å². The molecule has 18 heavy (non-hydrogen) atoms. The molecule has 0 radical (unpaired) electrons. The minimum atomic E-state index is 0.840. The molecule has 2 nitrogen and oxygen atoms in total. The third-order valence-corrected chi connectivity index (χ3v) is 4.07. The van der Waals surface area contributed by atoms with Crippen molar-refractivity contribution in [1.82, 2.24) is 10.3 Å². The number of nitrogens with one attached hydrogen (secondary N) is 1. The molecule has 0 amide bonds. The molecule has 0 spiro atoms. The van der Waals surface area contributed by atoms with Gasteiger partial charge in [-0.1, -0.05) is 43.7 Å². The first kappa shape index (κ1) is 13.2. The second-order valence-corrected chi connectivity index (χ2v) is 5.47. The fourth-order valence-electron chi connectivity index (χ4n) is 1.94. The van der Waals surface area contributed by atoms with Crippen LogP contribution in [0.5, 0.6) is 0 Å². The first-order valence-electron chi connectivity index (χ1n) is 6.53. The predicted octanol–water partition coefficient (Wildman–Crippen LogP) is 3.87. The zero-order valence-corrected chi connectivity index (χ0v) is 11.9. The van der Waals surface area contributed by atoms with E-state index in [1.165, 1.54) is 34.0 Å². The SMILES string of the molecule is CCCCc1nc(CNC)c(-c2ccccc2)s1. The summed E-state index contributed by atoms with van der Waals surface area (Å²) in [5.74, 6) is 0. The van der Waals surface area contributed by atoms with Gasteiger partial charge in [-0.2, -0.15) is 0 Å². The number of aromatic nitrogens is 1. The minimum absolute atomic E-state index is 0.840. The first-order valence-corrected chi connectivity index (χ1v) is 7.35. The summed E-state index contributed by atoms with van der Waals surface area (Å²) in [6, 6.07) is 10.6. The Labute approximate surface area is 113 Å². The van der Waals surface area contributed by atoms with Gasteiger partial charge in [-0.25, -0.2) is 4.98 Å². The molecule has 0 unspecified atom stereocenters. The Hall–Kier alpha value is -1.19. The molecule has 96 valence electrons. The zero-order valence-electron chi connectivity index (χ0n) is 11.1. The van der Waals surface area contributed by atoms with Gasteiger partial charge < -0.3 is 5.32 Å². The Balaban J connectivity index is 2.29. The largest absolute Gasteiger partial charge is 0.314 e. The Morgan fingerprint density at radius 3 is 2.67 bits per heavy atom. The molecule has 0 saturated heterocycles. The van der Waals surface area contributed by atoms with Gasteiger partial charge in [-0.15, -0.1) is 11.3 Å². The van der Waals surface area contributed by atoms with Crippen molar-refractivity contribution in [2.75, 3.05) is 7.05 Å². The normalized spacial score (nSPS) is 10.8. The fraction of sp³-hybridized carbons (Fsp3) is 0.400. The Kier molecular flexibility index (Phi) is 4.90. The number of aryl methyl sites for hydroxylation is 1. The van der Waals surface area contributed by atoms with Crippen LogP contribution >= 0.6 is 11.3 Å². The minimum Gasteiger partial charge on any atom is -0.314 e. The predicted molar refractivity (Wildman–Crippen MR) is 78.9 cm³/mol. The zero-order chi connectivity index (χ0) is 12.8. The number of hydrogen-bond donors (Lipinski definition) is 1. The maximum absolute atomic E-state index is 4.77. The quantitative estimate of drug-likeness (QED) is 0.852. The lowest BCUT2D eigenvalue weighted by atomic mass is 10.1. The average Bonchev–Trinajstić information content (AvgIpc) is 2.81. The van der Waals surface area contributed by atoms with Crippen LogP contribution in [0.2, 0.25) is 0 Å². The van der Waals surface area contributed by atoms with E-state index in [4.69, 9.17) is 4.98 Å². The van der Waals surface area contributed by atoms with Crippen molar-refractivity contribution in [3.63, 3.8) is 0 Å². The molecule has 0 aliphatic heterocycles. The molecule has 0 aliphatic carbocycles. The van der Waals surface area contributed by atoms with Crippen LogP contribution in [0.4, 0.5) is 0 Å². The monoisotopic (exact) mass is 260 g/mol. The topological polar surface area (TPSA) is 24.9 Å². The molecule has 1 heterocycles. The highest BCUT2D eigenvalue weighted by molar-refractivity contribution is 7.15. The van der Waals surface area contributed by atoms with Crippen LogP contribution in [0.15, 0.2) is 30.3 Å². The maximum atomic E-state index is 4.77. The summed E-state index contributed by atoms with van der Waals surface area (Å²) in [5, 5.41) is 4.47. The number of benzene rings is 1. The average molecular weight is 260 g/mol. The number of nitrogens with zero attached hydrogens (tertiary/aromatic N) is 1. The van der Waals surface area contributed by atoms with E-state index < -0.39 is 0 Å². The van der Waals surface area contributed by atoms with Crippen LogP contribution in [0.1, 0.15) is 30.5 Å². The number of thiazole rings is 1. The molecule has 2 rings (SSSR count). The van der Waals surface area contributed by atoms with Gasteiger partial charge in [-0.3, -0.25) is 0 Å². The van der Waals surface area contributed by atoms with E-state index in [9.17, 15) is 0 Å². The van der Waals surface area contributed by atoms with E-state index in [0.29, 0.717) is 0 Å². The number of unbranched alkanes of at least 4 members (excludes halogenated alkanes) is 1. The van der Waals surface area contributed by atoms with E-state index in [1.807, 2.05) is 18.4 Å². The van der Waals surface area contributed by atoms with Crippen molar-refractivity contribution >= 4 is 11.3 Å². The van der Waals surface area contributed by atoms with Gasteiger partial charge in [0.2, 0.25) is 0 Å². The Morgan fingerprint density at radius 2 is 2.00 bits per heavy atom. The summed E-state index contributed by atoms with van der Waals surface area (Å²) in [5.41, 5.74) is 2.46. The van der Waals surface area contributed by atoms with Gasteiger partial charge in [0.05, 0.1) is 15.6 Å². The van der Waals surface area contributed by atoms with E-state index in [-0.39, 0.29) is 0 Å². The Morgan fingerprint density at radius 1 is 1.22 bits per heavy atom. The molecule has 0 aliphatic rings. The third-order valence-electron chi connectivity index (χ3n) is 2.87. The maximum Gasteiger partial charge on any atom is 0.0935 e. The highest BCUT2D eigenvalue weighted by Crippen LogP contribution is 2.31. The molecular weight excluding hydrogens is 240 g/mol. The summed E-state index contributed by atoms with van der Waals surface area (Å²) in [6.07, 6.45) is 3.55. The van der Waals surface area contributed by atoms with Crippen LogP contribution in [-0.2, 0) is 13.0 Å². The lowest BCUT2D eigenvalue weighted by Crippen LogP contribution is -2.06. The summed E-state index contributed by atoms with van der Waals surface area (Å²) in [6.45, 7) is 3.06. The van der Waals surface area contributed by atoms with Crippen molar-refractivity contribution in [2.24, 2.45) is 0 Å². The third kappa shape index (κ3) is 3.18. The lowest BCUT2D eigenvalue weighted by Gasteiger charge is -2.00. The van der Waals surface area contributed by atoms with Crippen molar-refractivity contribution in [1.29, 1.82) is 0 Å². The van der Waals surface area contributed by atoms with Crippen LogP contribution in [-0.4, -0.2) is 12.0 Å². The molecule has 0 fully saturated rings. The fourth-order valence-corrected chi connectivity index (χ4v) is 3.07. The van der Waals surface area contributed by atoms with Crippen molar-refractivity contribution < 1.29 is 0 Å². The van der Waals surface area contributed by atoms with E-state index in [1.54, 1.807) is 0 Å². The second kappa shape index (κ2) is 6.66. The summed E-state index contributed by atoms with van der Waals surface area (Å²) < 4.78 is 0. The Bertz CT molecular complexity index is 476. The van der Waals surface area contributed by atoms with E-state index in [0.717, 1.165) is 13.0 Å². The van der Waals surface area contributed by atoms with Crippen molar-refractivity contribution in [3.05, 3.63) is 41.0 Å². The number of hydrogen-bond acceptors (Lipinski definition) is 3. The van der Waals surface area contributed by atoms with Gasteiger partial charge >= 0.3 is 0 Å². The molecule has 3 heteroatoms. The molecule has 1 aromatic heterocycles. The summed E-state index contributed by atoms with van der Waals surface area (Å²) >= 11 is 1.84. The van der Waals surface area contributed by atoms with Gasteiger partial charge in [0.25, 0.3) is 0 Å². The molecular formula is C15H20N2S. The molecule has 1 aromatic carbocycles. The highest BCUT2D eigenvalue weighted by atomic mass is 32.1. The van der Waals surface area contributed by atoms with Gasteiger partial charge in [0, 0.05) is 6.54 Å². The lowest BCUT2D eigenvalue weighted by molar-refractivity contribution is 0.766. The van der Waals surface area contributed by atoms with Gasteiger partial charge in [0.1, 0.15) is 0 Å². The molecule has 0 atom stereocenters. The molecule has 0 saturated carbocycles. The van der Waals surface area contributed by atoms with E-state index in [2.05, 4.69) is 42.6 Å². The molecule has 1 N–H and O–H groups in total. The van der Waals surface area contributed by atoms with Gasteiger partial charge in [0.15, 0.2) is 0 Å². The van der Waals surface area contributed by atoms with E-state index >= 15 is 0 Å². The van der Waals surface area contributed by atoms with Crippen LogP contribution in [0.25, 0.3) is 10.4 Å². The smallest absolute Gasteiger partial charge is 0.0935 e. The van der Waals surface area contributed by atoms with Crippen molar-refractivity contribution in [3.8, 4) is 10.4 Å².